The number of hydrogen-bond donors (Lipinski definition) is 1. The topological polar surface area (TPSA) is 67.9 Å². The van der Waals surface area contributed by atoms with Gasteiger partial charge in [0, 0.05) is 19.5 Å². The number of benzene rings is 1. The molecule has 1 atom stereocenters. The highest BCUT2D eigenvalue weighted by Gasteiger charge is 2.31. The Balaban J connectivity index is 1.95. The molecule has 1 aromatic carbocycles. The van der Waals surface area contributed by atoms with E-state index in [0.29, 0.717) is 6.42 Å². The van der Waals surface area contributed by atoms with Crippen molar-refractivity contribution in [3.63, 3.8) is 0 Å². The van der Waals surface area contributed by atoms with Gasteiger partial charge in [-0.1, -0.05) is 36.8 Å². The molecule has 6 nitrogen and oxygen atoms in total. The Morgan fingerprint density at radius 3 is 2.55 bits per heavy atom. The molecular formula is C23H36N2O4. The predicted octanol–water partition coefficient (Wildman–Crippen LogP) is 3.30. The average Bonchev–Trinajstić information content (AvgIpc) is 2.80. The first-order valence-electron chi connectivity index (χ1n) is 10.7. The van der Waals surface area contributed by atoms with E-state index in [-0.39, 0.29) is 25.0 Å². The molecule has 6 heteroatoms. The molecule has 1 N–H and O–H groups in total. The number of rotatable bonds is 7. The molecule has 1 fully saturated rings. The molecule has 0 aromatic heterocycles. The van der Waals surface area contributed by atoms with Gasteiger partial charge in [-0.05, 0) is 58.7 Å². The highest BCUT2D eigenvalue weighted by atomic mass is 16.6. The second-order valence-electron chi connectivity index (χ2n) is 8.58. The van der Waals surface area contributed by atoms with E-state index in [4.69, 9.17) is 9.47 Å². The number of hydrogen-bond acceptors (Lipinski definition) is 6. The van der Waals surface area contributed by atoms with Gasteiger partial charge in [-0.2, -0.15) is 0 Å². The van der Waals surface area contributed by atoms with Crippen LogP contribution in [0.5, 0.6) is 0 Å². The predicted molar refractivity (Wildman–Crippen MR) is 113 cm³/mol. The molecule has 29 heavy (non-hydrogen) atoms. The second-order valence-corrected chi connectivity index (χ2v) is 8.58. The third-order valence-electron chi connectivity index (χ3n) is 4.86. The SMILES string of the molecule is CC(C)(C)OC(=O)C(CCC(=O)OCc1ccccc1)N1CCCCCNCC1. The van der Waals surface area contributed by atoms with Gasteiger partial charge >= 0.3 is 11.9 Å². The monoisotopic (exact) mass is 404 g/mol. The van der Waals surface area contributed by atoms with Crippen LogP contribution < -0.4 is 5.32 Å². The van der Waals surface area contributed by atoms with Gasteiger partial charge in [-0.25, -0.2) is 0 Å². The zero-order valence-electron chi connectivity index (χ0n) is 18.1. The van der Waals surface area contributed by atoms with Crippen LogP contribution in [0.25, 0.3) is 0 Å². The van der Waals surface area contributed by atoms with Crippen molar-refractivity contribution in [1.82, 2.24) is 10.2 Å². The summed E-state index contributed by atoms with van der Waals surface area (Å²) in [4.78, 5) is 27.3. The summed E-state index contributed by atoms with van der Waals surface area (Å²) >= 11 is 0. The van der Waals surface area contributed by atoms with Gasteiger partial charge in [0.15, 0.2) is 0 Å². The summed E-state index contributed by atoms with van der Waals surface area (Å²) in [5, 5.41) is 3.42. The Morgan fingerprint density at radius 1 is 1.07 bits per heavy atom. The highest BCUT2D eigenvalue weighted by Crippen LogP contribution is 2.17. The van der Waals surface area contributed by atoms with Crippen molar-refractivity contribution >= 4 is 11.9 Å². The number of carbonyl (C=O) groups excluding carboxylic acids is 2. The summed E-state index contributed by atoms with van der Waals surface area (Å²) in [6.45, 7) is 9.31. The molecular weight excluding hydrogens is 368 g/mol. The molecule has 0 aliphatic carbocycles. The lowest BCUT2D eigenvalue weighted by atomic mass is 10.1. The van der Waals surface area contributed by atoms with Gasteiger partial charge in [-0.3, -0.25) is 14.5 Å². The maximum atomic E-state index is 12.9. The number of esters is 2. The van der Waals surface area contributed by atoms with Crippen LogP contribution in [0.2, 0.25) is 0 Å². The van der Waals surface area contributed by atoms with Gasteiger partial charge in [0.25, 0.3) is 0 Å². The first kappa shape index (κ1) is 23.4. The molecule has 0 bridgehead atoms. The van der Waals surface area contributed by atoms with E-state index in [1.807, 2.05) is 51.1 Å². The van der Waals surface area contributed by atoms with Crippen LogP contribution in [0.15, 0.2) is 30.3 Å². The quantitative estimate of drug-likeness (QED) is 0.704. The molecule has 1 unspecified atom stereocenters. The van der Waals surface area contributed by atoms with E-state index in [2.05, 4.69) is 10.2 Å². The smallest absolute Gasteiger partial charge is 0.323 e. The Hall–Kier alpha value is -1.92. The molecule has 162 valence electrons. The van der Waals surface area contributed by atoms with Gasteiger partial charge in [-0.15, -0.1) is 0 Å². The van der Waals surface area contributed by atoms with Crippen LogP contribution in [0.1, 0.15) is 58.4 Å². The lowest BCUT2D eigenvalue weighted by Crippen LogP contribution is -2.47. The Bertz CT molecular complexity index is 618. The fourth-order valence-electron chi connectivity index (χ4n) is 3.40. The number of carbonyl (C=O) groups is 2. The normalized spacial score (nSPS) is 17.5. The summed E-state index contributed by atoms with van der Waals surface area (Å²) in [7, 11) is 0. The lowest BCUT2D eigenvalue weighted by molar-refractivity contribution is -0.162. The average molecular weight is 405 g/mol. The van der Waals surface area contributed by atoms with Crippen molar-refractivity contribution < 1.29 is 19.1 Å². The van der Waals surface area contributed by atoms with Crippen LogP contribution in [0, 0.1) is 0 Å². The molecule has 1 heterocycles. The minimum atomic E-state index is -0.555. The molecule has 1 aliphatic heterocycles. The Kier molecular flexibility index (Phi) is 9.61. The van der Waals surface area contributed by atoms with Crippen LogP contribution in [0.4, 0.5) is 0 Å². The molecule has 0 spiro atoms. The first-order valence-corrected chi connectivity index (χ1v) is 10.7. The largest absolute Gasteiger partial charge is 0.461 e. The third kappa shape index (κ3) is 9.41. The van der Waals surface area contributed by atoms with Crippen molar-refractivity contribution in [2.24, 2.45) is 0 Å². The van der Waals surface area contributed by atoms with E-state index < -0.39 is 11.6 Å². The lowest BCUT2D eigenvalue weighted by Gasteiger charge is -2.32. The van der Waals surface area contributed by atoms with E-state index in [0.717, 1.165) is 51.0 Å². The highest BCUT2D eigenvalue weighted by molar-refractivity contribution is 5.77. The van der Waals surface area contributed by atoms with Crippen LogP contribution in [-0.4, -0.2) is 54.7 Å². The molecule has 1 saturated heterocycles. The van der Waals surface area contributed by atoms with Gasteiger partial charge in [0.2, 0.25) is 0 Å². The summed E-state index contributed by atoms with van der Waals surface area (Å²) in [6, 6.07) is 9.18. The minimum absolute atomic E-state index is 0.195. The second kappa shape index (κ2) is 11.9. The fourth-order valence-corrected chi connectivity index (χ4v) is 3.40. The molecule has 0 radical (unpaired) electrons. The van der Waals surface area contributed by atoms with Gasteiger partial charge in [0.05, 0.1) is 0 Å². The van der Waals surface area contributed by atoms with Crippen molar-refractivity contribution in [2.75, 3.05) is 26.2 Å². The van der Waals surface area contributed by atoms with Crippen LogP contribution >= 0.6 is 0 Å². The summed E-state index contributed by atoms with van der Waals surface area (Å²) in [5.74, 6) is -0.544. The van der Waals surface area contributed by atoms with Crippen molar-refractivity contribution in [1.29, 1.82) is 0 Å². The zero-order valence-corrected chi connectivity index (χ0v) is 18.1. The minimum Gasteiger partial charge on any atom is -0.461 e. The first-order chi connectivity index (χ1) is 13.8. The number of ether oxygens (including phenoxy) is 2. The maximum absolute atomic E-state index is 12.9. The fraction of sp³-hybridized carbons (Fsp3) is 0.652. The van der Waals surface area contributed by atoms with Crippen molar-refractivity contribution in [2.45, 2.75) is 71.1 Å². The van der Waals surface area contributed by atoms with Gasteiger partial charge < -0.3 is 14.8 Å². The van der Waals surface area contributed by atoms with E-state index >= 15 is 0 Å². The molecule has 1 aromatic rings. The van der Waals surface area contributed by atoms with Crippen LogP contribution in [0.3, 0.4) is 0 Å². The zero-order chi connectivity index (χ0) is 21.1. The standard InChI is InChI=1S/C23H36N2O4/c1-23(2,3)29-22(27)20(25-16-9-5-8-14-24-15-17-25)12-13-21(26)28-18-19-10-6-4-7-11-19/h4,6-7,10-11,20,24H,5,8-9,12-18H2,1-3H3. The van der Waals surface area contributed by atoms with E-state index in [1.165, 1.54) is 0 Å². The van der Waals surface area contributed by atoms with E-state index in [1.54, 1.807) is 0 Å². The Labute approximate surface area is 174 Å². The van der Waals surface area contributed by atoms with Crippen molar-refractivity contribution in [3.05, 3.63) is 35.9 Å². The van der Waals surface area contributed by atoms with Gasteiger partial charge in [0.1, 0.15) is 18.2 Å². The molecule has 0 saturated carbocycles. The number of nitrogens with one attached hydrogen (secondary N) is 1. The van der Waals surface area contributed by atoms with Crippen LogP contribution in [-0.2, 0) is 25.7 Å². The molecule has 0 amide bonds. The summed E-state index contributed by atoms with van der Waals surface area (Å²) in [5.41, 5.74) is 0.400. The number of nitrogens with zero attached hydrogens (tertiary/aromatic N) is 1. The molecule has 1 aliphatic rings. The van der Waals surface area contributed by atoms with E-state index in [9.17, 15) is 9.59 Å². The molecule has 2 rings (SSSR count). The Morgan fingerprint density at radius 2 is 1.83 bits per heavy atom. The van der Waals surface area contributed by atoms with Crippen molar-refractivity contribution in [3.8, 4) is 0 Å². The third-order valence-corrected chi connectivity index (χ3v) is 4.86. The maximum Gasteiger partial charge on any atom is 0.323 e. The summed E-state index contributed by atoms with van der Waals surface area (Å²) < 4.78 is 11.1. The summed E-state index contributed by atoms with van der Waals surface area (Å²) in [6.07, 6.45) is 3.92.